The van der Waals surface area contributed by atoms with Crippen molar-refractivity contribution in [2.75, 3.05) is 5.73 Å². The minimum absolute atomic E-state index is 0.0586. The summed E-state index contributed by atoms with van der Waals surface area (Å²) in [5.74, 6) is -0.653. The topological polar surface area (TPSA) is 72.2 Å². The first-order valence-electron chi connectivity index (χ1n) is 5.04. The summed E-state index contributed by atoms with van der Waals surface area (Å²) in [6.07, 6.45) is 0.660. The highest BCUT2D eigenvalue weighted by Gasteiger charge is 2.21. The molecule has 0 radical (unpaired) electrons. The van der Waals surface area contributed by atoms with Gasteiger partial charge in [0.2, 0.25) is 10.0 Å². The van der Waals surface area contributed by atoms with Crippen LogP contribution in [0.15, 0.2) is 21.5 Å². The van der Waals surface area contributed by atoms with Crippen molar-refractivity contribution < 1.29 is 12.8 Å². The Kier molecular flexibility index (Phi) is 4.51. The Labute approximate surface area is 109 Å². The highest BCUT2D eigenvalue weighted by molar-refractivity contribution is 9.10. The van der Waals surface area contributed by atoms with E-state index < -0.39 is 15.8 Å². The molecule has 1 aromatic rings. The van der Waals surface area contributed by atoms with Crippen molar-refractivity contribution in [2.45, 2.75) is 31.2 Å². The fourth-order valence-electron chi connectivity index (χ4n) is 1.16. The van der Waals surface area contributed by atoms with Gasteiger partial charge in [0.1, 0.15) is 5.82 Å². The standard InChI is InChI=1S/C10H14BrFN2O2S/c1-3-6(2)14-17(15,16)10-5-9(13)8(12)4-7(10)11/h4-6,14H,3,13H2,1-2H3. The molecule has 1 rings (SSSR count). The molecule has 0 heterocycles. The molecule has 0 aliphatic heterocycles. The van der Waals surface area contributed by atoms with Crippen molar-refractivity contribution in [3.05, 3.63) is 22.4 Å². The SMILES string of the molecule is CCC(C)NS(=O)(=O)c1cc(N)c(F)cc1Br. The van der Waals surface area contributed by atoms with Crippen LogP contribution < -0.4 is 10.5 Å². The third-order valence-corrected chi connectivity index (χ3v) is 4.86. The second kappa shape index (κ2) is 5.32. The van der Waals surface area contributed by atoms with Crippen LogP contribution in [0.1, 0.15) is 20.3 Å². The summed E-state index contributed by atoms with van der Waals surface area (Å²) in [4.78, 5) is -0.0586. The predicted molar refractivity (Wildman–Crippen MR) is 68.6 cm³/mol. The summed E-state index contributed by atoms with van der Waals surface area (Å²) in [6, 6.07) is 1.95. The number of rotatable bonds is 4. The monoisotopic (exact) mass is 324 g/mol. The Morgan fingerprint density at radius 1 is 1.53 bits per heavy atom. The molecule has 96 valence electrons. The molecule has 0 saturated carbocycles. The van der Waals surface area contributed by atoms with Crippen molar-refractivity contribution in [2.24, 2.45) is 0 Å². The van der Waals surface area contributed by atoms with Crippen LogP contribution in [0.2, 0.25) is 0 Å². The van der Waals surface area contributed by atoms with Gasteiger partial charge in [-0.15, -0.1) is 0 Å². The van der Waals surface area contributed by atoms with Crippen LogP contribution in [-0.4, -0.2) is 14.5 Å². The number of hydrogen-bond acceptors (Lipinski definition) is 3. The van der Waals surface area contributed by atoms with E-state index in [0.29, 0.717) is 6.42 Å². The van der Waals surface area contributed by atoms with Gasteiger partial charge in [-0.05, 0) is 41.4 Å². The van der Waals surface area contributed by atoms with Gasteiger partial charge in [0.05, 0.1) is 10.6 Å². The molecule has 0 aliphatic carbocycles. The molecule has 0 aliphatic rings. The number of hydrogen-bond donors (Lipinski definition) is 2. The van der Waals surface area contributed by atoms with E-state index in [9.17, 15) is 12.8 Å². The third-order valence-electron chi connectivity index (χ3n) is 2.31. The Morgan fingerprint density at radius 2 is 2.12 bits per heavy atom. The van der Waals surface area contributed by atoms with Crippen molar-refractivity contribution >= 4 is 31.6 Å². The molecule has 17 heavy (non-hydrogen) atoms. The molecule has 0 amide bonds. The van der Waals surface area contributed by atoms with Gasteiger partial charge >= 0.3 is 0 Å². The number of nitrogens with two attached hydrogens (primary N) is 1. The molecule has 0 aromatic heterocycles. The van der Waals surface area contributed by atoms with Crippen LogP contribution in [0, 0.1) is 5.82 Å². The highest BCUT2D eigenvalue weighted by atomic mass is 79.9. The predicted octanol–water partition coefficient (Wildman–Crippen LogP) is 2.25. The number of nitrogen functional groups attached to an aromatic ring is 1. The minimum atomic E-state index is -3.69. The normalized spacial score (nSPS) is 13.6. The summed E-state index contributed by atoms with van der Waals surface area (Å²) >= 11 is 3.01. The maximum atomic E-state index is 13.1. The zero-order chi connectivity index (χ0) is 13.2. The highest BCUT2D eigenvalue weighted by Crippen LogP contribution is 2.26. The lowest BCUT2D eigenvalue weighted by atomic mass is 10.3. The number of benzene rings is 1. The minimum Gasteiger partial charge on any atom is -0.396 e. The smallest absolute Gasteiger partial charge is 0.242 e. The molecule has 1 atom stereocenters. The average molecular weight is 325 g/mol. The first-order chi connectivity index (χ1) is 7.77. The summed E-state index contributed by atoms with van der Waals surface area (Å²) in [5.41, 5.74) is 5.16. The third kappa shape index (κ3) is 3.40. The van der Waals surface area contributed by atoms with Gasteiger partial charge in [-0.3, -0.25) is 0 Å². The first kappa shape index (κ1) is 14.4. The van der Waals surface area contributed by atoms with Gasteiger partial charge in [0, 0.05) is 10.5 Å². The molecule has 0 spiro atoms. The van der Waals surface area contributed by atoms with Gasteiger partial charge in [-0.25, -0.2) is 17.5 Å². The van der Waals surface area contributed by atoms with Crippen LogP contribution in [0.25, 0.3) is 0 Å². The summed E-state index contributed by atoms with van der Waals surface area (Å²) in [6.45, 7) is 3.61. The van der Waals surface area contributed by atoms with E-state index in [1.54, 1.807) is 6.92 Å². The van der Waals surface area contributed by atoms with E-state index >= 15 is 0 Å². The number of sulfonamides is 1. The van der Waals surface area contributed by atoms with Crippen molar-refractivity contribution in [3.8, 4) is 0 Å². The summed E-state index contributed by atoms with van der Waals surface area (Å²) in [5, 5.41) is 0. The van der Waals surface area contributed by atoms with Crippen LogP contribution in [-0.2, 0) is 10.0 Å². The quantitative estimate of drug-likeness (QED) is 0.834. The Bertz CT molecular complexity index is 519. The lowest BCUT2D eigenvalue weighted by molar-refractivity contribution is 0.555. The molecular weight excluding hydrogens is 311 g/mol. The molecule has 0 saturated heterocycles. The van der Waals surface area contributed by atoms with E-state index in [1.165, 1.54) is 0 Å². The zero-order valence-electron chi connectivity index (χ0n) is 9.50. The Balaban J connectivity index is 3.20. The van der Waals surface area contributed by atoms with Crippen LogP contribution in [0.3, 0.4) is 0 Å². The number of nitrogens with one attached hydrogen (secondary N) is 1. The van der Waals surface area contributed by atoms with Gasteiger partial charge in [-0.1, -0.05) is 6.92 Å². The van der Waals surface area contributed by atoms with E-state index in [0.717, 1.165) is 12.1 Å². The van der Waals surface area contributed by atoms with E-state index in [2.05, 4.69) is 20.7 Å². The van der Waals surface area contributed by atoms with E-state index in [4.69, 9.17) is 5.73 Å². The maximum Gasteiger partial charge on any atom is 0.242 e. The largest absolute Gasteiger partial charge is 0.396 e. The second-order valence-electron chi connectivity index (χ2n) is 3.73. The fourth-order valence-corrected chi connectivity index (χ4v) is 3.54. The van der Waals surface area contributed by atoms with Crippen LogP contribution in [0.5, 0.6) is 0 Å². The maximum absolute atomic E-state index is 13.1. The molecule has 4 nitrogen and oxygen atoms in total. The van der Waals surface area contributed by atoms with Crippen LogP contribution in [0.4, 0.5) is 10.1 Å². The number of anilines is 1. The first-order valence-corrected chi connectivity index (χ1v) is 7.32. The molecule has 7 heteroatoms. The van der Waals surface area contributed by atoms with Crippen LogP contribution >= 0.6 is 15.9 Å². The molecule has 1 unspecified atom stereocenters. The second-order valence-corrected chi connectivity index (χ2v) is 6.27. The summed E-state index contributed by atoms with van der Waals surface area (Å²) in [7, 11) is -3.69. The average Bonchev–Trinajstić information content (AvgIpc) is 2.22. The zero-order valence-corrected chi connectivity index (χ0v) is 11.9. The summed E-state index contributed by atoms with van der Waals surface area (Å²) < 4.78 is 39.7. The number of halogens is 2. The van der Waals surface area contributed by atoms with Crippen molar-refractivity contribution in [1.82, 2.24) is 4.72 Å². The lowest BCUT2D eigenvalue weighted by Crippen LogP contribution is -2.32. The van der Waals surface area contributed by atoms with Gasteiger partial charge < -0.3 is 5.73 Å². The fraction of sp³-hybridized carbons (Fsp3) is 0.400. The van der Waals surface area contributed by atoms with Gasteiger partial charge in [0.15, 0.2) is 0 Å². The Hall–Kier alpha value is -0.660. The Morgan fingerprint density at radius 3 is 2.65 bits per heavy atom. The molecular formula is C10H14BrFN2O2S. The molecule has 0 bridgehead atoms. The lowest BCUT2D eigenvalue weighted by Gasteiger charge is -2.13. The molecule has 3 N–H and O–H groups in total. The van der Waals surface area contributed by atoms with Gasteiger partial charge in [-0.2, -0.15) is 0 Å². The van der Waals surface area contributed by atoms with E-state index in [-0.39, 0.29) is 21.1 Å². The molecule has 0 fully saturated rings. The van der Waals surface area contributed by atoms with E-state index in [1.807, 2.05) is 6.92 Å². The van der Waals surface area contributed by atoms with Crippen molar-refractivity contribution in [3.63, 3.8) is 0 Å². The van der Waals surface area contributed by atoms with Crippen molar-refractivity contribution in [1.29, 1.82) is 0 Å². The molecule has 1 aromatic carbocycles. The van der Waals surface area contributed by atoms with Gasteiger partial charge in [0.25, 0.3) is 0 Å².